The van der Waals surface area contributed by atoms with E-state index in [1.165, 1.54) is 24.3 Å². The molecule has 1 aliphatic rings. The summed E-state index contributed by atoms with van der Waals surface area (Å²) in [6, 6.07) is 4.64. The van der Waals surface area contributed by atoms with Gasteiger partial charge in [-0.05, 0) is 64.1 Å². The second-order valence-corrected chi connectivity index (χ2v) is 7.09. The molecule has 0 amide bonds. The summed E-state index contributed by atoms with van der Waals surface area (Å²) in [4.78, 5) is 3.14. The highest BCUT2D eigenvalue weighted by atomic mass is 32.1. The quantitative estimate of drug-likeness (QED) is 0.840. The fourth-order valence-electron chi connectivity index (χ4n) is 2.04. The van der Waals surface area contributed by atoms with E-state index in [1.54, 1.807) is 4.88 Å². The zero-order valence-electron chi connectivity index (χ0n) is 10.8. The van der Waals surface area contributed by atoms with Crippen LogP contribution in [0.15, 0.2) is 12.1 Å². The van der Waals surface area contributed by atoms with Crippen LogP contribution in [0.5, 0.6) is 0 Å². The van der Waals surface area contributed by atoms with Crippen LogP contribution in [0.25, 0.3) is 0 Å². The van der Waals surface area contributed by atoms with E-state index in [0.717, 1.165) is 11.8 Å². The molecule has 2 rings (SSSR count). The van der Waals surface area contributed by atoms with Gasteiger partial charge >= 0.3 is 0 Å². The normalized spacial score (nSPS) is 24.8. The summed E-state index contributed by atoms with van der Waals surface area (Å²) in [5.41, 5.74) is 0.261. The average Bonchev–Trinajstić information content (AvgIpc) is 2.83. The van der Waals surface area contributed by atoms with E-state index in [4.69, 9.17) is 0 Å². The van der Waals surface area contributed by atoms with Crippen LogP contribution in [0.1, 0.15) is 49.8 Å². The van der Waals surface area contributed by atoms with Crippen LogP contribution in [-0.2, 0) is 6.42 Å². The van der Waals surface area contributed by atoms with Crippen LogP contribution in [0, 0.1) is 5.92 Å². The maximum Gasteiger partial charge on any atom is 0.00966 e. The molecular formula is C14H23NS. The fourth-order valence-corrected chi connectivity index (χ4v) is 3.20. The first-order valence-corrected chi connectivity index (χ1v) is 7.15. The van der Waals surface area contributed by atoms with Gasteiger partial charge in [0.1, 0.15) is 0 Å². The Labute approximate surface area is 103 Å². The Morgan fingerprint density at radius 3 is 2.69 bits per heavy atom. The number of hydrogen-bond donors (Lipinski definition) is 1. The Balaban J connectivity index is 1.82. The van der Waals surface area contributed by atoms with Crippen molar-refractivity contribution in [2.24, 2.45) is 5.92 Å². The molecule has 0 radical (unpaired) electrons. The Morgan fingerprint density at radius 2 is 2.12 bits per heavy atom. The number of nitrogens with one attached hydrogen (secondary N) is 1. The number of hydrogen-bond acceptors (Lipinski definition) is 2. The third-order valence-electron chi connectivity index (χ3n) is 3.21. The molecular weight excluding hydrogens is 214 g/mol. The first-order chi connectivity index (χ1) is 7.49. The molecule has 0 aliphatic heterocycles. The van der Waals surface area contributed by atoms with Crippen molar-refractivity contribution in [2.75, 3.05) is 6.54 Å². The largest absolute Gasteiger partial charge is 0.312 e. The first kappa shape index (κ1) is 12.1. The van der Waals surface area contributed by atoms with Gasteiger partial charge in [-0.25, -0.2) is 0 Å². The molecule has 0 bridgehead atoms. The minimum Gasteiger partial charge on any atom is -0.312 e. The first-order valence-electron chi connectivity index (χ1n) is 6.33. The van der Waals surface area contributed by atoms with Crippen molar-refractivity contribution in [3.8, 4) is 0 Å². The summed E-state index contributed by atoms with van der Waals surface area (Å²) in [6.07, 6.45) is 2.56. The predicted octanol–water partition coefficient (Wildman–Crippen LogP) is 3.80. The Morgan fingerprint density at radius 1 is 1.38 bits per heavy atom. The van der Waals surface area contributed by atoms with E-state index < -0.39 is 0 Å². The van der Waals surface area contributed by atoms with Crippen molar-refractivity contribution >= 4 is 11.3 Å². The predicted molar refractivity (Wildman–Crippen MR) is 72.3 cm³/mol. The Hall–Kier alpha value is -0.340. The summed E-state index contributed by atoms with van der Waals surface area (Å²) in [5, 5.41) is 3.61. The lowest BCUT2D eigenvalue weighted by Gasteiger charge is -2.20. The van der Waals surface area contributed by atoms with E-state index in [1.807, 2.05) is 11.3 Å². The maximum absolute atomic E-state index is 3.61. The molecule has 1 fully saturated rings. The van der Waals surface area contributed by atoms with E-state index in [-0.39, 0.29) is 5.54 Å². The second-order valence-electron chi connectivity index (χ2n) is 5.89. The van der Waals surface area contributed by atoms with Crippen LogP contribution in [-0.4, -0.2) is 12.1 Å². The lowest BCUT2D eigenvalue weighted by atomic mass is 10.1. The zero-order valence-corrected chi connectivity index (χ0v) is 11.7. The van der Waals surface area contributed by atoms with Crippen molar-refractivity contribution in [1.29, 1.82) is 0 Å². The molecule has 16 heavy (non-hydrogen) atoms. The van der Waals surface area contributed by atoms with Crippen LogP contribution in [0.3, 0.4) is 0 Å². The molecule has 1 aromatic heterocycles. The van der Waals surface area contributed by atoms with Crippen molar-refractivity contribution in [3.63, 3.8) is 0 Å². The topological polar surface area (TPSA) is 12.0 Å². The molecule has 0 saturated heterocycles. The molecule has 0 aromatic carbocycles. The third kappa shape index (κ3) is 3.08. The maximum atomic E-state index is 3.61. The SMILES string of the molecule is CCc1ccc(C2CC2CNC(C)(C)C)s1. The van der Waals surface area contributed by atoms with Gasteiger partial charge in [-0.2, -0.15) is 0 Å². The van der Waals surface area contributed by atoms with Crippen molar-refractivity contribution < 1.29 is 0 Å². The number of rotatable bonds is 4. The van der Waals surface area contributed by atoms with E-state index in [0.29, 0.717) is 0 Å². The highest BCUT2D eigenvalue weighted by molar-refractivity contribution is 7.12. The molecule has 1 heterocycles. The summed E-state index contributed by atoms with van der Waals surface area (Å²) in [7, 11) is 0. The minimum absolute atomic E-state index is 0.261. The van der Waals surface area contributed by atoms with Gasteiger partial charge in [-0.1, -0.05) is 6.92 Å². The lowest BCUT2D eigenvalue weighted by molar-refractivity contribution is 0.414. The third-order valence-corrected chi connectivity index (χ3v) is 4.58. The molecule has 0 spiro atoms. The van der Waals surface area contributed by atoms with Crippen LogP contribution >= 0.6 is 11.3 Å². The zero-order chi connectivity index (χ0) is 11.8. The van der Waals surface area contributed by atoms with E-state index in [2.05, 4.69) is 45.1 Å². The van der Waals surface area contributed by atoms with Crippen molar-refractivity contribution in [3.05, 3.63) is 21.9 Å². The number of thiophene rings is 1. The Bertz CT molecular complexity index is 348. The van der Waals surface area contributed by atoms with Crippen molar-refractivity contribution in [1.82, 2.24) is 5.32 Å². The molecule has 1 N–H and O–H groups in total. The highest BCUT2D eigenvalue weighted by Crippen LogP contribution is 2.49. The lowest BCUT2D eigenvalue weighted by Crippen LogP contribution is -2.37. The summed E-state index contributed by atoms with van der Waals surface area (Å²) < 4.78 is 0. The fraction of sp³-hybridized carbons (Fsp3) is 0.714. The monoisotopic (exact) mass is 237 g/mol. The van der Waals surface area contributed by atoms with Crippen LogP contribution in [0.4, 0.5) is 0 Å². The summed E-state index contributed by atoms with van der Waals surface area (Å²) >= 11 is 2.01. The minimum atomic E-state index is 0.261. The van der Waals surface area contributed by atoms with Gasteiger partial charge in [0, 0.05) is 15.3 Å². The molecule has 1 nitrogen and oxygen atoms in total. The van der Waals surface area contributed by atoms with E-state index in [9.17, 15) is 0 Å². The molecule has 1 aliphatic carbocycles. The summed E-state index contributed by atoms with van der Waals surface area (Å²) in [5.74, 6) is 1.72. The van der Waals surface area contributed by atoms with Gasteiger partial charge in [-0.3, -0.25) is 0 Å². The van der Waals surface area contributed by atoms with Gasteiger partial charge in [0.25, 0.3) is 0 Å². The van der Waals surface area contributed by atoms with Gasteiger partial charge < -0.3 is 5.32 Å². The van der Waals surface area contributed by atoms with Gasteiger partial charge in [0.15, 0.2) is 0 Å². The molecule has 2 unspecified atom stereocenters. The van der Waals surface area contributed by atoms with Gasteiger partial charge in [0.2, 0.25) is 0 Å². The van der Waals surface area contributed by atoms with Crippen LogP contribution in [0.2, 0.25) is 0 Å². The molecule has 1 saturated carbocycles. The Kier molecular flexibility index (Phi) is 3.41. The van der Waals surface area contributed by atoms with Gasteiger partial charge in [-0.15, -0.1) is 11.3 Å². The molecule has 2 heteroatoms. The van der Waals surface area contributed by atoms with Crippen molar-refractivity contribution in [2.45, 2.75) is 52.0 Å². The van der Waals surface area contributed by atoms with Gasteiger partial charge in [0.05, 0.1) is 0 Å². The summed E-state index contributed by atoms with van der Waals surface area (Å²) in [6.45, 7) is 10.1. The molecule has 90 valence electrons. The standard InChI is InChI=1S/C14H23NS/c1-5-11-6-7-13(16-11)12-8-10(12)9-15-14(2,3)4/h6-7,10,12,15H,5,8-9H2,1-4H3. The highest BCUT2D eigenvalue weighted by Gasteiger charge is 2.39. The average molecular weight is 237 g/mol. The smallest absolute Gasteiger partial charge is 0.00966 e. The molecule has 1 aromatic rings. The second kappa shape index (κ2) is 4.50. The van der Waals surface area contributed by atoms with E-state index >= 15 is 0 Å². The molecule has 2 atom stereocenters. The van der Waals surface area contributed by atoms with Crippen LogP contribution < -0.4 is 5.32 Å². The number of aryl methyl sites for hydroxylation is 1.